The standard InChI is InChI=1S/C12H10FNO3/c1-7(6-15)12(17)9-5-8(13)3-4-10(9)14(2)11(12)16/h3-6,17H,1H2,2H3/t12-/m0/s1. The summed E-state index contributed by atoms with van der Waals surface area (Å²) in [5, 5.41) is 10.3. The van der Waals surface area contributed by atoms with Gasteiger partial charge in [-0.25, -0.2) is 4.39 Å². The van der Waals surface area contributed by atoms with Gasteiger partial charge in [0.2, 0.25) is 0 Å². The maximum Gasteiger partial charge on any atom is 0.268 e. The van der Waals surface area contributed by atoms with E-state index in [4.69, 9.17) is 0 Å². The van der Waals surface area contributed by atoms with E-state index < -0.39 is 17.3 Å². The summed E-state index contributed by atoms with van der Waals surface area (Å²) in [6.07, 6.45) is 0.297. The quantitative estimate of drug-likeness (QED) is 0.607. The van der Waals surface area contributed by atoms with Crippen LogP contribution in [0.15, 0.2) is 30.4 Å². The molecule has 1 aromatic rings. The third-order valence-electron chi connectivity index (χ3n) is 2.93. The number of benzene rings is 1. The number of carbonyl (C=O) groups is 2. The normalized spacial score (nSPS) is 22.5. The van der Waals surface area contributed by atoms with Crippen molar-refractivity contribution in [3.8, 4) is 0 Å². The van der Waals surface area contributed by atoms with E-state index in [0.29, 0.717) is 12.0 Å². The van der Waals surface area contributed by atoms with Crippen LogP contribution in [-0.4, -0.2) is 24.3 Å². The Morgan fingerprint density at radius 2 is 2.24 bits per heavy atom. The van der Waals surface area contributed by atoms with Gasteiger partial charge in [0.25, 0.3) is 5.91 Å². The van der Waals surface area contributed by atoms with E-state index in [9.17, 15) is 19.1 Å². The van der Waals surface area contributed by atoms with E-state index in [1.54, 1.807) is 0 Å². The van der Waals surface area contributed by atoms with Crippen LogP contribution in [0.4, 0.5) is 10.1 Å². The molecule has 1 aromatic carbocycles. The maximum atomic E-state index is 13.2. The molecule has 0 fully saturated rings. The average molecular weight is 235 g/mol. The van der Waals surface area contributed by atoms with Crippen molar-refractivity contribution in [2.24, 2.45) is 0 Å². The Balaban J connectivity index is 2.73. The number of aliphatic hydroxyl groups is 1. The fraction of sp³-hybridized carbons (Fsp3) is 0.167. The van der Waals surface area contributed by atoms with E-state index in [-0.39, 0.29) is 11.1 Å². The minimum atomic E-state index is -2.16. The van der Waals surface area contributed by atoms with Crippen molar-refractivity contribution in [3.63, 3.8) is 0 Å². The van der Waals surface area contributed by atoms with E-state index in [2.05, 4.69) is 6.58 Å². The number of aldehydes is 1. The number of amides is 1. The predicted octanol–water partition coefficient (Wildman–Crippen LogP) is 0.745. The first-order valence-electron chi connectivity index (χ1n) is 4.88. The van der Waals surface area contributed by atoms with Gasteiger partial charge in [-0.15, -0.1) is 0 Å². The van der Waals surface area contributed by atoms with Gasteiger partial charge in [0.05, 0.1) is 5.69 Å². The molecule has 1 atom stereocenters. The second-order valence-electron chi connectivity index (χ2n) is 3.88. The minimum absolute atomic E-state index is 0.0436. The number of fused-ring (bicyclic) bond motifs is 1. The number of anilines is 1. The molecule has 1 heterocycles. The Morgan fingerprint density at radius 1 is 1.59 bits per heavy atom. The van der Waals surface area contributed by atoms with Crippen LogP contribution in [0.25, 0.3) is 0 Å². The lowest BCUT2D eigenvalue weighted by atomic mass is 9.89. The van der Waals surface area contributed by atoms with Gasteiger partial charge in [-0.05, 0) is 18.2 Å². The van der Waals surface area contributed by atoms with Gasteiger partial charge in [0.1, 0.15) is 12.1 Å². The predicted molar refractivity (Wildman–Crippen MR) is 58.9 cm³/mol. The van der Waals surface area contributed by atoms with Crippen molar-refractivity contribution in [3.05, 3.63) is 41.7 Å². The lowest BCUT2D eigenvalue weighted by Crippen LogP contribution is -2.40. The highest BCUT2D eigenvalue weighted by atomic mass is 19.1. The van der Waals surface area contributed by atoms with Crippen molar-refractivity contribution in [1.82, 2.24) is 0 Å². The van der Waals surface area contributed by atoms with Crippen LogP contribution in [0.5, 0.6) is 0 Å². The number of carbonyl (C=O) groups excluding carboxylic acids is 2. The molecule has 5 heteroatoms. The van der Waals surface area contributed by atoms with Gasteiger partial charge in [0.15, 0.2) is 5.60 Å². The minimum Gasteiger partial charge on any atom is -0.372 e. The molecule has 1 aliphatic heterocycles. The summed E-state index contributed by atoms with van der Waals surface area (Å²) in [5.74, 6) is -1.31. The van der Waals surface area contributed by atoms with Gasteiger partial charge in [0, 0.05) is 18.2 Å². The molecule has 0 spiro atoms. The summed E-state index contributed by atoms with van der Waals surface area (Å²) in [7, 11) is 1.44. The van der Waals surface area contributed by atoms with Crippen molar-refractivity contribution in [2.45, 2.75) is 5.60 Å². The fourth-order valence-electron chi connectivity index (χ4n) is 1.95. The Bertz CT molecular complexity index is 541. The van der Waals surface area contributed by atoms with E-state index in [1.807, 2.05) is 0 Å². The van der Waals surface area contributed by atoms with Crippen LogP contribution in [-0.2, 0) is 15.2 Å². The number of halogens is 1. The number of rotatable bonds is 2. The molecule has 17 heavy (non-hydrogen) atoms. The average Bonchev–Trinajstić information content (AvgIpc) is 2.51. The third-order valence-corrected chi connectivity index (χ3v) is 2.93. The Hall–Kier alpha value is -2.01. The summed E-state index contributed by atoms with van der Waals surface area (Å²) in [6.45, 7) is 3.35. The lowest BCUT2D eigenvalue weighted by molar-refractivity contribution is -0.133. The highest BCUT2D eigenvalue weighted by Gasteiger charge is 2.50. The van der Waals surface area contributed by atoms with Crippen LogP contribution >= 0.6 is 0 Å². The second-order valence-corrected chi connectivity index (χ2v) is 3.88. The number of nitrogens with zero attached hydrogens (tertiary/aromatic N) is 1. The van der Waals surface area contributed by atoms with Gasteiger partial charge >= 0.3 is 0 Å². The summed E-state index contributed by atoms with van der Waals surface area (Å²) in [6, 6.07) is 3.59. The summed E-state index contributed by atoms with van der Waals surface area (Å²) >= 11 is 0. The molecule has 0 aromatic heterocycles. The van der Waals surface area contributed by atoms with Crippen LogP contribution in [0, 0.1) is 5.82 Å². The van der Waals surface area contributed by atoms with Gasteiger partial charge < -0.3 is 10.0 Å². The number of likely N-dealkylation sites (N-methyl/N-ethyl adjacent to an activating group) is 1. The van der Waals surface area contributed by atoms with Gasteiger partial charge in [-0.2, -0.15) is 0 Å². The van der Waals surface area contributed by atoms with Crippen LogP contribution < -0.4 is 4.90 Å². The SMILES string of the molecule is C=C(C=O)[C@@]1(O)C(=O)N(C)c2ccc(F)cc21. The molecule has 1 N–H and O–H groups in total. The number of hydrogen-bond acceptors (Lipinski definition) is 3. The van der Waals surface area contributed by atoms with Crippen molar-refractivity contribution in [1.29, 1.82) is 0 Å². The number of hydrogen-bond donors (Lipinski definition) is 1. The molecule has 1 amide bonds. The monoisotopic (exact) mass is 235 g/mol. The molecule has 2 rings (SSSR count). The third kappa shape index (κ3) is 1.32. The summed E-state index contributed by atoms with van der Waals surface area (Å²) in [4.78, 5) is 23.8. The zero-order valence-electron chi connectivity index (χ0n) is 9.11. The molecule has 0 bridgehead atoms. The fourth-order valence-corrected chi connectivity index (χ4v) is 1.95. The first-order valence-corrected chi connectivity index (χ1v) is 4.88. The van der Waals surface area contributed by atoms with Crippen molar-refractivity contribution < 1.29 is 19.1 Å². The topological polar surface area (TPSA) is 57.6 Å². The molecule has 0 radical (unpaired) electrons. The molecule has 88 valence electrons. The molecule has 0 saturated heterocycles. The van der Waals surface area contributed by atoms with Crippen molar-refractivity contribution in [2.75, 3.05) is 11.9 Å². The first kappa shape index (κ1) is 11.5. The Kier molecular flexibility index (Phi) is 2.36. The zero-order valence-corrected chi connectivity index (χ0v) is 9.11. The molecule has 0 saturated carbocycles. The maximum absolute atomic E-state index is 13.2. The second kappa shape index (κ2) is 3.49. The molecule has 4 nitrogen and oxygen atoms in total. The Morgan fingerprint density at radius 3 is 2.82 bits per heavy atom. The first-order chi connectivity index (χ1) is 7.92. The molecule has 1 aliphatic rings. The molecule has 0 aliphatic carbocycles. The zero-order chi connectivity index (χ0) is 12.8. The van der Waals surface area contributed by atoms with Crippen LogP contribution in [0.2, 0.25) is 0 Å². The highest BCUT2D eigenvalue weighted by molar-refractivity contribution is 6.11. The van der Waals surface area contributed by atoms with E-state index in [1.165, 1.54) is 24.1 Å². The Labute approximate surface area is 97.0 Å². The van der Waals surface area contributed by atoms with Gasteiger partial charge in [-0.1, -0.05) is 6.58 Å². The van der Waals surface area contributed by atoms with Crippen LogP contribution in [0.1, 0.15) is 5.56 Å². The smallest absolute Gasteiger partial charge is 0.268 e. The summed E-state index contributed by atoms with van der Waals surface area (Å²) < 4.78 is 13.2. The lowest BCUT2D eigenvalue weighted by Gasteiger charge is -2.20. The largest absolute Gasteiger partial charge is 0.372 e. The van der Waals surface area contributed by atoms with Crippen LogP contribution in [0.3, 0.4) is 0 Å². The van der Waals surface area contributed by atoms with E-state index >= 15 is 0 Å². The summed E-state index contributed by atoms with van der Waals surface area (Å²) in [5.41, 5.74) is -2.06. The molecular weight excluding hydrogens is 225 g/mol. The highest BCUT2D eigenvalue weighted by Crippen LogP contribution is 2.42. The molecule has 0 unspecified atom stereocenters. The van der Waals surface area contributed by atoms with Crippen molar-refractivity contribution >= 4 is 17.9 Å². The molecular formula is C12H10FNO3. The van der Waals surface area contributed by atoms with E-state index in [0.717, 1.165) is 6.07 Å². The van der Waals surface area contributed by atoms with Gasteiger partial charge in [-0.3, -0.25) is 9.59 Å².